The standard InChI is InChI=1S/C23H18BrFN2O5/c1-30-19-9-7-16(24)12-18(19)22(28)27-26-13-14-6-8-20(21(10-14)31-2)32-23(29)15-4-3-5-17(25)11-15/h3-13H,1-2H3,(H,27,28)/b26-13-. The molecule has 0 heterocycles. The summed E-state index contributed by atoms with van der Waals surface area (Å²) in [5, 5.41) is 3.95. The first-order valence-electron chi connectivity index (χ1n) is 9.24. The zero-order valence-electron chi connectivity index (χ0n) is 17.1. The minimum Gasteiger partial charge on any atom is -0.496 e. The van der Waals surface area contributed by atoms with Gasteiger partial charge in [-0.05, 0) is 60.2 Å². The summed E-state index contributed by atoms with van der Waals surface area (Å²) in [7, 11) is 2.88. The second kappa shape index (κ2) is 10.5. The van der Waals surface area contributed by atoms with Gasteiger partial charge in [0.2, 0.25) is 0 Å². The average molecular weight is 501 g/mol. The number of nitrogens with one attached hydrogen (secondary N) is 1. The van der Waals surface area contributed by atoms with Crippen LogP contribution in [0.2, 0.25) is 0 Å². The fraction of sp³-hybridized carbons (Fsp3) is 0.0870. The first kappa shape index (κ1) is 23.0. The third kappa shape index (κ3) is 5.70. The number of ether oxygens (including phenoxy) is 3. The zero-order valence-corrected chi connectivity index (χ0v) is 18.7. The van der Waals surface area contributed by atoms with Crippen LogP contribution in [0.1, 0.15) is 26.3 Å². The van der Waals surface area contributed by atoms with Crippen molar-refractivity contribution in [2.45, 2.75) is 0 Å². The van der Waals surface area contributed by atoms with Crippen LogP contribution in [0.4, 0.5) is 4.39 Å². The summed E-state index contributed by atoms with van der Waals surface area (Å²) in [5.41, 5.74) is 3.39. The van der Waals surface area contributed by atoms with E-state index in [-0.39, 0.29) is 17.1 Å². The van der Waals surface area contributed by atoms with Crippen molar-refractivity contribution in [1.29, 1.82) is 0 Å². The van der Waals surface area contributed by atoms with E-state index in [4.69, 9.17) is 14.2 Å². The Kier molecular flexibility index (Phi) is 7.56. The lowest BCUT2D eigenvalue weighted by molar-refractivity contribution is 0.0729. The molecular weight excluding hydrogens is 483 g/mol. The predicted octanol–water partition coefficient (Wildman–Crippen LogP) is 4.59. The van der Waals surface area contributed by atoms with Gasteiger partial charge in [-0.15, -0.1) is 0 Å². The van der Waals surface area contributed by atoms with E-state index in [0.717, 1.165) is 10.5 Å². The molecule has 9 heteroatoms. The van der Waals surface area contributed by atoms with E-state index in [1.165, 1.54) is 44.7 Å². The Morgan fingerprint density at radius 2 is 1.72 bits per heavy atom. The van der Waals surface area contributed by atoms with Crippen molar-refractivity contribution in [2.75, 3.05) is 14.2 Å². The average Bonchev–Trinajstić information content (AvgIpc) is 2.79. The molecule has 3 rings (SSSR count). The number of methoxy groups -OCH3 is 2. The lowest BCUT2D eigenvalue weighted by Crippen LogP contribution is -2.18. The SMILES string of the molecule is COc1cc(/C=N\NC(=O)c2cc(Br)ccc2OC)ccc1OC(=O)c1cccc(F)c1. The summed E-state index contributed by atoms with van der Waals surface area (Å²) in [4.78, 5) is 24.6. The van der Waals surface area contributed by atoms with Crippen molar-refractivity contribution < 1.29 is 28.2 Å². The van der Waals surface area contributed by atoms with Gasteiger partial charge in [0.25, 0.3) is 5.91 Å². The zero-order chi connectivity index (χ0) is 23.1. The van der Waals surface area contributed by atoms with Crippen LogP contribution in [0.25, 0.3) is 0 Å². The van der Waals surface area contributed by atoms with Gasteiger partial charge in [-0.1, -0.05) is 22.0 Å². The maximum Gasteiger partial charge on any atom is 0.343 e. The molecule has 0 atom stereocenters. The van der Waals surface area contributed by atoms with Gasteiger partial charge in [-0.3, -0.25) is 4.79 Å². The summed E-state index contributed by atoms with van der Waals surface area (Å²) < 4.78 is 29.8. The van der Waals surface area contributed by atoms with Gasteiger partial charge in [0, 0.05) is 4.47 Å². The van der Waals surface area contributed by atoms with Gasteiger partial charge in [0.15, 0.2) is 11.5 Å². The Hall–Kier alpha value is -3.72. The maximum absolute atomic E-state index is 13.3. The number of carbonyl (C=O) groups is 2. The number of carbonyl (C=O) groups excluding carboxylic acids is 2. The van der Waals surface area contributed by atoms with Crippen LogP contribution >= 0.6 is 15.9 Å². The fourth-order valence-corrected chi connectivity index (χ4v) is 3.07. The Morgan fingerprint density at radius 3 is 2.44 bits per heavy atom. The molecule has 0 radical (unpaired) electrons. The van der Waals surface area contributed by atoms with Crippen LogP contribution in [0, 0.1) is 5.82 Å². The summed E-state index contributed by atoms with van der Waals surface area (Å²) in [6.45, 7) is 0. The second-order valence-corrected chi connectivity index (χ2v) is 7.27. The monoisotopic (exact) mass is 500 g/mol. The number of rotatable bonds is 7. The summed E-state index contributed by atoms with van der Waals surface area (Å²) >= 11 is 3.31. The number of nitrogens with zero attached hydrogens (tertiary/aromatic N) is 1. The van der Waals surface area contributed by atoms with Crippen LogP contribution in [0.15, 0.2) is 70.2 Å². The number of halogens is 2. The molecular formula is C23H18BrFN2O5. The number of hydrazone groups is 1. The number of hydrogen-bond donors (Lipinski definition) is 1. The smallest absolute Gasteiger partial charge is 0.343 e. The summed E-state index contributed by atoms with van der Waals surface area (Å²) in [6, 6.07) is 14.9. The van der Waals surface area contributed by atoms with E-state index in [2.05, 4.69) is 26.5 Å². The lowest BCUT2D eigenvalue weighted by atomic mass is 10.2. The highest BCUT2D eigenvalue weighted by molar-refractivity contribution is 9.10. The highest BCUT2D eigenvalue weighted by Crippen LogP contribution is 2.28. The first-order chi connectivity index (χ1) is 15.4. The largest absolute Gasteiger partial charge is 0.496 e. The van der Waals surface area contributed by atoms with Crippen LogP contribution < -0.4 is 19.6 Å². The molecule has 0 saturated carbocycles. The van der Waals surface area contributed by atoms with Gasteiger partial charge in [0.05, 0.1) is 31.6 Å². The molecule has 0 aliphatic heterocycles. The van der Waals surface area contributed by atoms with Crippen molar-refractivity contribution in [3.63, 3.8) is 0 Å². The number of hydrogen-bond acceptors (Lipinski definition) is 6. The Bertz CT molecular complexity index is 1180. The molecule has 0 unspecified atom stereocenters. The van der Waals surface area contributed by atoms with Gasteiger partial charge in [-0.2, -0.15) is 5.10 Å². The molecule has 1 amide bonds. The van der Waals surface area contributed by atoms with E-state index in [9.17, 15) is 14.0 Å². The minimum atomic E-state index is -0.723. The quantitative estimate of drug-likeness (QED) is 0.222. The molecule has 32 heavy (non-hydrogen) atoms. The molecule has 0 spiro atoms. The molecule has 0 bridgehead atoms. The molecule has 0 aliphatic rings. The Labute approximate surface area is 191 Å². The van der Waals surface area contributed by atoms with E-state index in [1.807, 2.05) is 0 Å². The van der Waals surface area contributed by atoms with Crippen LogP contribution in [0.3, 0.4) is 0 Å². The molecule has 7 nitrogen and oxygen atoms in total. The highest BCUT2D eigenvalue weighted by atomic mass is 79.9. The van der Waals surface area contributed by atoms with Crippen LogP contribution in [-0.2, 0) is 0 Å². The van der Waals surface area contributed by atoms with Gasteiger partial charge in [0.1, 0.15) is 11.6 Å². The fourth-order valence-electron chi connectivity index (χ4n) is 2.71. The molecule has 0 fully saturated rings. The molecule has 1 N–H and O–H groups in total. The van der Waals surface area contributed by atoms with Crippen molar-refractivity contribution in [2.24, 2.45) is 5.10 Å². The van der Waals surface area contributed by atoms with Crippen LogP contribution in [-0.4, -0.2) is 32.3 Å². The van der Waals surface area contributed by atoms with Crippen molar-refractivity contribution in [3.8, 4) is 17.2 Å². The van der Waals surface area contributed by atoms with Gasteiger partial charge >= 0.3 is 5.97 Å². The molecule has 164 valence electrons. The molecule has 0 aromatic heterocycles. The van der Waals surface area contributed by atoms with Crippen molar-refractivity contribution in [3.05, 3.63) is 87.6 Å². The molecule has 3 aromatic rings. The van der Waals surface area contributed by atoms with E-state index in [0.29, 0.717) is 16.9 Å². The Morgan fingerprint density at radius 1 is 0.969 bits per heavy atom. The molecule has 0 aliphatic carbocycles. The lowest BCUT2D eigenvalue weighted by Gasteiger charge is -2.10. The summed E-state index contributed by atoms with van der Waals surface area (Å²) in [6.07, 6.45) is 1.41. The normalized spacial score (nSPS) is 10.6. The molecule has 0 saturated heterocycles. The first-order valence-corrected chi connectivity index (χ1v) is 10.0. The Balaban J connectivity index is 1.70. The third-order valence-electron chi connectivity index (χ3n) is 4.24. The molecule has 3 aromatic carbocycles. The predicted molar refractivity (Wildman–Crippen MR) is 120 cm³/mol. The van der Waals surface area contributed by atoms with E-state index >= 15 is 0 Å². The second-order valence-electron chi connectivity index (χ2n) is 6.35. The van der Waals surface area contributed by atoms with Gasteiger partial charge in [-0.25, -0.2) is 14.6 Å². The number of esters is 1. The summed E-state index contributed by atoms with van der Waals surface area (Å²) in [5.74, 6) is -0.889. The van der Waals surface area contributed by atoms with E-state index in [1.54, 1.807) is 30.3 Å². The maximum atomic E-state index is 13.3. The third-order valence-corrected chi connectivity index (χ3v) is 4.73. The van der Waals surface area contributed by atoms with Crippen LogP contribution in [0.5, 0.6) is 17.2 Å². The minimum absolute atomic E-state index is 0.0726. The topological polar surface area (TPSA) is 86.2 Å². The highest BCUT2D eigenvalue weighted by Gasteiger charge is 2.14. The number of amides is 1. The van der Waals surface area contributed by atoms with E-state index < -0.39 is 17.7 Å². The number of benzene rings is 3. The van der Waals surface area contributed by atoms with Crippen molar-refractivity contribution >= 4 is 34.0 Å². The van der Waals surface area contributed by atoms with Crippen molar-refractivity contribution in [1.82, 2.24) is 5.43 Å². The van der Waals surface area contributed by atoms with Gasteiger partial charge < -0.3 is 14.2 Å².